The number of unbranched alkanes of at least 4 members (excludes halogenated alkanes) is 5. The Kier molecular flexibility index (Phi) is 6.61. The van der Waals surface area contributed by atoms with Crippen LogP contribution in [0, 0.1) is 6.92 Å². The van der Waals surface area contributed by atoms with E-state index in [-0.39, 0.29) is 6.04 Å². The molecule has 0 saturated carbocycles. The van der Waals surface area contributed by atoms with Crippen molar-refractivity contribution in [2.45, 2.75) is 69.7 Å². The van der Waals surface area contributed by atoms with Crippen LogP contribution in [0.1, 0.15) is 63.0 Å². The molecule has 0 bridgehead atoms. The standard InChI is InChI=1S/C24H31NO2S/c1-4-5-6-7-8-9-13-23-20(3)22-12-10-11-14-24(22)25(23)28(26,27)21-17-15-19(2)16-18-21/h10-12,14-18,23H,3-9,13H2,1-2H3. The molecule has 2 aromatic carbocycles. The van der Waals surface area contributed by atoms with Gasteiger partial charge in [0.25, 0.3) is 10.0 Å². The second-order valence-electron chi connectivity index (χ2n) is 7.73. The first-order valence-corrected chi connectivity index (χ1v) is 11.8. The van der Waals surface area contributed by atoms with E-state index in [9.17, 15) is 8.42 Å². The Morgan fingerprint density at radius 3 is 2.29 bits per heavy atom. The van der Waals surface area contributed by atoms with Crippen LogP contribution in [0.2, 0.25) is 0 Å². The monoisotopic (exact) mass is 397 g/mol. The van der Waals surface area contributed by atoms with Gasteiger partial charge >= 0.3 is 0 Å². The van der Waals surface area contributed by atoms with E-state index in [1.54, 1.807) is 16.4 Å². The Balaban J connectivity index is 1.86. The molecule has 0 aliphatic carbocycles. The zero-order valence-corrected chi connectivity index (χ0v) is 17.8. The number of fused-ring (bicyclic) bond motifs is 1. The highest BCUT2D eigenvalue weighted by Gasteiger charge is 2.40. The lowest BCUT2D eigenvalue weighted by Crippen LogP contribution is -2.37. The molecule has 0 N–H and O–H groups in total. The number of nitrogens with zero attached hydrogens (tertiary/aromatic N) is 1. The lowest BCUT2D eigenvalue weighted by Gasteiger charge is -2.27. The first-order chi connectivity index (χ1) is 13.5. The van der Waals surface area contributed by atoms with Crippen molar-refractivity contribution in [3.63, 3.8) is 0 Å². The van der Waals surface area contributed by atoms with Gasteiger partial charge in [-0.15, -0.1) is 0 Å². The minimum absolute atomic E-state index is 0.199. The van der Waals surface area contributed by atoms with Gasteiger partial charge in [-0.2, -0.15) is 0 Å². The molecule has 4 heteroatoms. The van der Waals surface area contributed by atoms with Crippen molar-refractivity contribution in [1.29, 1.82) is 0 Å². The summed E-state index contributed by atoms with van der Waals surface area (Å²) >= 11 is 0. The van der Waals surface area contributed by atoms with Crippen LogP contribution in [0.25, 0.3) is 5.57 Å². The molecular formula is C24H31NO2S. The quantitative estimate of drug-likeness (QED) is 0.463. The molecule has 28 heavy (non-hydrogen) atoms. The van der Waals surface area contributed by atoms with Gasteiger partial charge in [-0.3, -0.25) is 4.31 Å². The van der Waals surface area contributed by atoms with Gasteiger partial charge in [-0.1, -0.05) is 87.9 Å². The lowest BCUT2D eigenvalue weighted by molar-refractivity contribution is 0.561. The fraction of sp³-hybridized carbons (Fsp3) is 0.417. The van der Waals surface area contributed by atoms with E-state index >= 15 is 0 Å². The van der Waals surface area contributed by atoms with Crippen molar-refractivity contribution in [2.24, 2.45) is 0 Å². The minimum Gasteiger partial charge on any atom is -0.258 e. The van der Waals surface area contributed by atoms with Gasteiger partial charge < -0.3 is 0 Å². The molecule has 0 fully saturated rings. The molecule has 1 aliphatic rings. The zero-order chi connectivity index (χ0) is 20.1. The predicted molar refractivity (Wildman–Crippen MR) is 118 cm³/mol. The Bertz CT molecular complexity index is 916. The number of anilines is 1. The molecule has 1 atom stereocenters. The van der Waals surface area contributed by atoms with E-state index in [0.717, 1.165) is 41.6 Å². The first kappa shape index (κ1) is 20.7. The molecular weight excluding hydrogens is 366 g/mol. The van der Waals surface area contributed by atoms with Crippen LogP contribution in [0.15, 0.2) is 60.0 Å². The van der Waals surface area contributed by atoms with Crippen LogP contribution in [-0.2, 0) is 10.0 Å². The molecule has 150 valence electrons. The Morgan fingerprint density at radius 1 is 0.929 bits per heavy atom. The van der Waals surface area contributed by atoms with Crippen molar-refractivity contribution in [3.05, 3.63) is 66.2 Å². The average Bonchev–Trinajstić information content (AvgIpc) is 2.98. The van der Waals surface area contributed by atoms with Crippen molar-refractivity contribution in [3.8, 4) is 0 Å². The zero-order valence-electron chi connectivity index (χ0n) is 17.0. The molecule has 1 heterocycles. The summed E-state index contributed by atoms with van der Waals surface area (Å²) in [5.41, 5.74) is 3.67. The molecule has 0 aromatic heterocycles. The number of benzene rings is 2. The van der Waals surface area contributed by atoms with Gasteiger partial charge in [-0.05, 0) is 37.1 Å². The number of para-hydroxylation sites is 1. The maximum Gasteiger partial charge on any atom is 0.264 e. The summed E-state index contributed by atoms with van der Waals surface area (Å²) in [7, 11) is -3.63. The van der Waals surface area contributed by atoms with Gasteiger partial charge in [0.05, 0.1) is 16.6 Å². The summed E-state index contributed by atoms with van der Waals surface area (Å²) in [6, 6.07) is 14.6. The molecule has 0 amide bonds. The number of hydrogen-bond donors (Lipinski definition) is 0. The molecule has 3 nitrogen and oxygen atoms in total. The van der Waals surface area contributed by atoms with Crippen molar-refractivity contribution in [1.82, 2.24) is 0 Å². The second kappa shape index (κ2) is 8.95. The van der Waals surface area contributed by atoms with E-state index in [4.69, 9.17) is 0 Å². The molecule has 1 unspecified atom stereocenters. The largest absolute Gasteiger partial charge is 0.264 e. The van der Waals surface area contributed by atoms with Crippen molar-refractivity contribution < 1.29 is 8.42 Å². The van der Waals surface area contributed by atoms with Crippen LogP contribution in [0.5, 0.6) is 0 Å². The van der Waals surface area contributed by atoms with Gasteiger partial charge in [0, 0.05) is 5.56 Å². The highest BCUT2D eigenvalue weighted by Crippen LogP contribution is 2.44. The summed E-state index contributed by atoms with van der Waals surface area (Å²) in [6.45, 7) is 8.45. The predicted octanol–water partition coefficient (Wildman–Crippen LogP) is 6.34. The van der Waals surface area contributed by atoms with Crippen LogP contribution >= 0.6 is 0 Å². The Hall–Kier alpha value is -2.07. The Morgan fingerprint density at radius 2 is 1.57 bits per heavy atom. The molecule has 0 radical (unpaired) electrons. The smallest absolute Gasteiger partial charge is 0.258 e. The average molecular weight is 398 g/mol. The minimum atomic E-state index is -3.63. The summed E-state index contributed by atoms with van der Waals surface area (Å²) in [6.07, 6.45) is 7.94. The van der Waals surface area contributed by atoms with Gasteiger partial charge in [0.1, 0.15) is 0 Å². The van der Waals surface area contributed by atoms with Crippen LogP contribution in [0.3, 0.4) is 0 Å². The summed E-state index contributed by atoms with van der Waals surface area (Å²) < 4.78 is 28.7. The maximum atomic E-state index is 13.5. The third-order valence-corrected chi connectivity index (χ3v) is 7.42. The van der Waals surface area contributed by atoms with Crippen LogP contribution in [0.4, 0.5) is 5.69 Å². The molecule has 2 aromatic rings. The van der Waals surface area contributed by atoms with Gasteiger partial charge in [0.2, 0.25) is 0 Å². The third-order valence-electron chi connectivity index (χ3n) is 5.58. The fourth-order valence-electron chi connectivity index (χ4n) is 3.96. The topological polar surface area (TPSA) is 37.4 Å². The van der Waals surface area contributed by atoms with E-state index in [2.05, 4.69) is 13.5 Å². The second-order valence-corrected chi connectivity index (χ2v) is 9.54. The van der Waals surface area contributed by atoms with Crippen LogP contribution < -0.4 is 4.31 Å². The molecule has 0 saturated heterocycles. The summed E-state index contributed by atoms with van der Waals surface area (Å²) in [4.78, 5) is 0.343. The lowest BCUT2D eigenvalue weighted by atomic mass is 9.99. The van der Waals surface area contributed by atoms with E-state index < -0.39 is 10.0 Å². The van der Waals surface area contributed by atoms with E-state index in [1.165, 1.54) is 25.7 Å². The Labute approximate surface area is 170 Å². The van der Waals surface area contributed by atoms with Crippen molar-refractivity contribution in [2.75, 3.05) is 4.31 Å². The maximum absolute atomic E-state index is 13.5. The third kappa shape index (κ3) is 4.17. The normalized spacial score (nSPS) is 16.4. The number of aryl methyl sites for hydroxylation is 1. The first-order valence-electron chi connectivity index (χ1n) is 10.4. The van der Waals surface area contributed by atoms with Gasteiger partial charge in [-0.25, -0.2) is 8.42 Å². The number of sulfonamides is 1. The molecule has 0 spiro atoms. The molecule has 1 aliphatic heterocycles. The molecule has 3 rings (SSSR count). The number of hydrogen-bond acceptors (Lipinski definition) is 2. The van der Waals surface area contributed by atoms with Crippen LogP contribution in [-0.4, -0.2) is 14.5 Å². The summed E-state index contributed by atoms with van der Waals surface area (Å²) in [5.74, 6) is 0. The highest BCUT2D eigenvalue weighted by molar-refractivity contribution is 7.93. The van der Waals surface area contributed by atoms with E-state index in [1.807, 2.05) is 43.3 Å². The fourth-order valence-corrected chi connectivity index (χ4v) is 5.65. The SMILES string of the molecule is C=C1c2ccccc2N(S(=O)(=O)c2ccc(C)cc2)C1CCCCCCCC. The highest BCUT2D eigenvalue weighted by atomic mass is 32.2. The number of rotatable bonds is 9. The van der Waals surface area contributed by atoms with Gasteiger partial charge in [0.15, 0.2) is 0 Å². The van der Waals surface area contributed by atoms with Crippen molar-refractivity contribution >= 4 is 21.3 Å². The van der Waals surface area contributed by atoms with E-state index in [0.29, 0.717) is 4.90 Å². The summed E-state index contributed by atoms with van der Waals surface area (Å²) in [5, 5.41) is 0.